The third kappa shape index (κ3) is 6.17. The molecule has 0 spiro atoms. The summed E-state index contributed by atoms with van der Waals surface area (Å²) in [6.07, 6.45) is 5.42. The maximum atomic E-state index is 12.9. The van der Waals surface area contributed by atoms with Crippen LogP contribution in [0.15, 0.2) is 0 Å². The van der Waals surface area contributed by atoms with Gasteiger partial charge >= 0.3 is 0 Å². The van der Waals surface area contributed by atoms with E-state index in [-0.39, 0.29) is 31.8 Å². The van der Waals surface area contributed by atoms with Crippen molar-refractivity contribution < 1.29 is 29.3 Å². The first-order valence-corrected chi connectivity index (χ1v) is 10.9. The Morgan fingerprint density at radius 2 is 1.87 bits per heavy atom. The monoisotopic (exact) mass is 436 g/mol. The second kappa shape index (κ2) is 10.9. The average Bonchev–Trinajstić information content (AvgIpc) is 3.34. The highest BCUT2D eigenvalue weighted by atomic mass is 16.5. The minimum atomic E-state index is -1.26. The second-order valence-electron chi connectivity index (χ2n) is 8.42. The molecule has 0 radical (unpaired) electrons. The number of hydrogen-bond acceptors (Lipinski definition) is 7. The number of fused-ring (bicyclic) bond motifs is 2. The van der Waals surface area contributed by atoms with Crippen LogP contribution in [0.3, 0.4) is 0 Å². The zero-order chi connectivity index (χ0) is 22.4. The molecule has 2 heterocycles. The van der Waals surface area contributed by atoms with E-state index < -0.39 is 42.3 Å². The third-order valence-electron chi connectivity index (χ3n) is 6.15. The van der Waals surface area contributed by atoms with Gasteiger partial charge in [0.2, 0.25) is 17.7 Å². The van der Waals surface area contributed by atoms with Gasteiger partial charge in [0.15, 0.2) is 0 Å². The van der Waals surface area contributed by atoms with Crippen molar-refractivity contribution in [3.63, 3.8) is 0 Å². The van der Waals surface area contributed by atoms with Crippen molar-refractivity contribution in [3.05, 3.63) is 0 Å². The van der Waals surface area contributed by atoms with Crippen LogP contribution < -0.4 is 16.0 Å². The summed E-state index contributed by atoms with van der Waals surface area (Å²) in [5, 5.41) is 29.1. The largest absolute Gasteiger partial charge is 0.388 e. The molecular weight excluding hydrogens is 404 g/mol. The Morgan fingerprint density at radius 1 is 1.16 bits per heavy atom. The first-order chi connectivity index (χ1) is 14.9. The van der Waals surface area contributed by atoms with Crippen molar-refractivity contribution in [3.8, 4) is 12.3 Å². The summed E-state index contributed by atoms with van der Waals surface area (Å²) >= 11 is 0. The Hall–Kier alpha value is -2.19. The predicted molar refractivity (Wildman–Crippen MR) is 111 cm³/mol. The molecule has 1 aliphatic carbocycles. The van der Waals surface area contributed by atoms with Gasteiger partial charge < -0.3 is 35.8 Å². The Labute approximate surface area is 182 Å². The van der Waals surface area contributed by atoms with E-state index in [1.165, 1.54) is 17.7 Å². The molecule has 3 aliphatic rings. The summed E-state index contributed by atoms with van der Waals surface area (Å²) in [4.78, 5) is 39.4. The molecule has 0 aromatic rings. The zero-order valence-electron chi connectivity index (χ0n) is 17.6. The summed E-state index contributed by atoms with van der Waals surface area (Å²) in [5.41, 5.74) is 0. The van der Waals surface area contributed by atoms with Gasteiger partial charge in [-0.3, -0.25) is 14.4 Å². The lowest BCUT2D eigenvalue weighted by atomic mass is 10.0. The number of carbonyl (C=O) groups excluding carboxylic acids is 3. The van der Waals surface area contributed by atoms with E-state index in [9.17, 15) is 24.6 Å². The number of ether oxygens (including phenoxy) is 1. The van der Waals surface area contributed by atoms with E-state index in [1.807, 2.05) is 0 Å². The smallest absolute Gasteiger partial charge is 0.243 e. The lowest BCUT2D eigenvalue weighted by Crippen LogP contribution is -2.52. The fraction of sp³-hybridized carbons (Fsp3) is 0.762. The Bertz CT molecular complexity index is 704. The van der Waals surface area contributed by atoms with Crippen molar-refractivity contribution in [2.75, 3.05) is 26.2 Å². The number of carbonyl (C=O) groups is 3. The molecule has 5 N–H and O–H groups in total. The predicted octanol–water partition coefficient (Wildman–Crippen LogP) is -2.14. The van der Waals surface area contributed by atoms with Crippen LogP contribution in [0, 0.1) is 12.3 Å². The quantitative estimate of drug-likeness (QED) is 0.310. The molecule has 2 unspecified atom stereocenters. The Balaban J connectivity index is 1.72. The number of rotatable bonds is 5. The van der Waals surface area contributed by atoms with E-state index in [0.29, 0.717) is 19.1 Å². The van der Waals surface area contributed by atoms with Crippen LogP contribution in [0.2, 0.25) is 0 Å². The van der Waals surface area contributed by atoms with Crippen molar-refractivity contribution in [2.45, 2.75) is 75.0 Å². The molecule has 5 atom stereocenters. The van der Waals surface area contributed by atoms with Crippen molar-refractivity contribution in [1.29, 1.82) is 0 Å². The third-order valence-corrected chi connectivity index (χ3v) is 6.15. The SMILES string of the molecule is C#CC[C@H]1NC(=O)CN(CCNC2CCCC2)C(=O)C[C@@H]2O[C@H](CNC1=O)C(O)C2O. The van der Waals surface area contributed by atoms with Crippen molar-refractivity contribution >= 4 is 17.7 Å². The van der Waals surface area contributed by atoms with Crippen LogP contribution in [0.25, 0.3) is 0 Å². The molecule has 2 bridgehead atoms. The van der Waals surface area contributed by atoms with Crippen LogP contribution in [0.1, 0.15) is 38.5 Å². The standard InChI is InChI=1S/C21H32N4O6/c1-2-5-14-21(30)23-11-16-20(29)19(28)15(31-16)10-18(27)25(12-17(26)24-14)9-8-22-13-6-3-4-7-13/h1,13-16,19-20,22,28-29H,3-12H2,(H,23,30)(H,24,26)/t14-,15+,16-,19?,20?/m1/s1. The molecule has 0 aromatic heterocycles. The number of aliphatic hydroxyl groups excluding tert-OH is 2. The maximum absolute atomic E-state index is 12.9. The Kier molecular flexibility index (Phi) is 8.26. The Morgan fingerprint density at radius 3 is 2.58 bits per heavy atom. The van der Waals surface area contributed by atoms with Crippen LogP contribution >= 0.6 is 0 Å². The summed E-state index contributed by atoms with van der Waals surface area (Å²) in [6.45, 7) is 0.503. The highest BCUT2D eigenvalue weighted by molar-refractivity contribution is 5.90. The average molecular weight is 437 g/mol. The summed E-state index contributed by atoms with van der Waals surface area (Å²) in [7, 11) is 0. The molecule has 31 heavy (non-hydrogen) atoms. The van der Waals surface area contributed by atoms with Crippen LogP contribution in [0.5, 0.6) is 0 Å². The number of amides is 3. The topological polar surface area (TPSA) is 140 Å². The van der Waals surface area contributed by atoms with E-state index in [0.717, 1.165) is 12.8 Å². The molecule has 3 rings (SSSR count). The van der Waals surface area contributed by atoms with Gasteiger partial charge in [-0.25, -0.2) is 0 Å². The van der Waals surface area contributed by atoms with Crippen molar-refractivity contribution in [2.24, 2.45) is 0 Å². The molecule has 2 aliphatic heterocycles. The van der Waals surface area contributed by atoms with Gasteiger partial charge in [0.1, 0.15) is 24.4 Å². The summed E-state index contributed by atoms with van der Waals surface area (Å²) in [5.74, 6) is 0.989. The lowest BCUT2D eigenvalue weighted by molar-refractivity contribution is -0.139. The molecule has 2 saturated heterocycles. The molecular formula is C21H32N4O6. The first-order valence-electron chi connectivity index (χ1n) is 10.9. The molecule has 10 heteroatoms. The minimum absolute atomic E-state index is 0.0198. The fourth-order valence-corrected chi connectivity index (χ4v) is 4.35. The van der Waals surface area contributed by atoms with Gasteiger partial charge in [-0.05, 0) is 12.8 Å². The zero-order valence-corrected chi connectivity index (χ0v) is 17.6. The number of aliphatic hydroxyl groups is 2. The first kappa shape index (κ1) is 23.5. The molecule has 3 fully saturated rings. The highest BCUT2D eigenvalue weighted by Crippen LogP contribution is 2.24. The number of terminal acetylenes is 1. The van der Waals surface area contributed by atoms with Gasteiger partial charge in [-0.2, -0.15) is 0 Å². The van der Waals surface area contributed by atoms with Crippen LogP contribution in [-0.2, 0) is 19.1 Å². The lowest BCUT2D eigenvalue weighted by Gasteiger charge is -2.26. The molecule has 1 saturated carbocycles. The normalized spacial score (nSPS) is 33.1. The van der Waals surface area contributed by atoms with Gasteiger partial charge in [-0.1, -0.05) is 12.8 Å². The summed E-state index contributed by atoms with van der Waals surface area (Å²) < 4.78 is 5.65. The van der Waals surface area contributed by atoms with Gasteiger partial charge in [0, 0.05) is 32.1 Å². The molecule has 10 nitrogen and oxygen atoms in total. The van der Waals surface area contributed by atoms with Crippen molar-refractivity contribution in [1.82, 2.24) is 20.9 Å². The van der Waals surface area contributed by atoms with E-state index >= 15 is 0 Å². The van der Waals surface area contributed by atoms with E-state index in [1.54, 1.807) is 0 Å². The molecule has 3 amide bonds. The van der Waals surface area contributed by atoms with Gasteiger partial charge in [-0.15, -0.1) is 12.3 Å². The number of nitrogens with zero attached hydrogens (tertiary/aromatic N) is 1. The van der Waals surface area contributed by atoms with E-state index in [2.05, 4.69) is 21.9 Å². The van der Waals surface area contributed by atoms with Crippen LogP contribution in [-0.4, -0.2) is 95.5 Å². The van der Waals surface area contributed by atoms with Gasteiger partial charge in [0.05, 0.1) is 19.1 Å². The fourth-order valence-electron chi connectivity index (χ4n) is 4.35. The van der Waals surface area contributed by atoms with Gasteiger partial charge in [0.25, 0.3) is 0 Å². The molecule has 172 valence electrons. The van der Waals surface area contributed by atoms with E-state index in [4.69, 9.17) is 11.2 Å². The highest BCUT2D eigenvalue weighted by Gasteiger charge is 2.44. The maximum Gasteiger partial charge on any atom is 0.243 e. The number of nitrogens with one attached hydrogen (secondary N) is 3. The number of hydrogen-bond donors (Lipinski definition) is 5. The second-order valence-corrected chi connectivity index (χ2v) is 8.42. The molecule has 0 aromatic carbocycles. The minimum Gasteiger partial charge on any atom is -0.388 e. The summed E-state index contributed by atoms with van der Waals surface area (Å²) in [6, 6.07) is -0.550. The van der Waals surface area contributed by atoms with Crippen LogP contribution in [0.4, 0.5) is 0 Å².